The highest BCUT2D eigenvalue weighted by molar-refractivity contribution is 14.0. The smallest absolute Gasteiger partial charge is 0.191 e. The number of aliphatic imine (C=N–C) groups is 1. The molecule has 0 aliphatic carbocycles. The first-order valence-corrected chi connectivity index (χ1v) is 6.51. The predicted octanol–water partition coefficient (Wildman–Crippen LogP) is 2.22. The van der Waals surface area contributed by atoms with E-state index < -0.39 is 0 Å². The molecule has 0 aliphatic heterocycles. The quantitative estimate of drug-likeness (QED) is 0.316. The molecule has 1 aromatic rings. The molecule has 0 fully saturated rings. The molecule has 0 amide bonds. The second-order valence-corrected chi connectivity index (χ2v) is 4.11. The fraction of sp³-hybridized carbons (Fsp3) is 0.400. The Kier molecular flexibility index (Phi) is 10.5. The van der Waals surface area contributed by atoms with Crippen LogP contribution < -0.4 is 20.1 Å². The van der Waals surface area contributed by atoms with Crippen LogP contribution in [0.15, 0.2) is 35.8 Å². The minimum Gasteiger partial charge on any atom is -0.493 e. The van der Waals surface area contributed by atoms with Gasteiger partial charge in [-0.05, 0) is 24.1 Å². The molecule has 0 saturated heterocycles. The molecule has 6 heteroatoms. The van der Waals surface area contributed by atoms with E-state index in [9.17, 15) is 0 Å². The summed E-state index contributed by atoms with van der Waals surface area (Å²) in [7, 11) is 5.02. The number of guanidine groups is 1. The molecule has 0 radical (unpaired) electrons. The number of nitrogens with zero attached hydrogens (tertiary/aromatic N) is 1. The van der Waals surface area contributed by atoms with Gasteiger partial charge in [0.05, 0.1) is 14.2 Å². The van der Waals surface area contributed by atoms with E-state index in [0.29, 0.717) is 6.54 Å². The lowest BCUT2D eigenvalue weighted by Gasteiger charge is -2.12. The lowest BCUT2D eigenvalue weighted by atomic mass is 10.1. The molecule has 5 nitrogen and oxygen atoms in total. The predicted molar refractivity (Wildman–Crippen MR) is 98.2 cm³/mol. The minimum atomic E-state index is 0. The van der Waals surface area contributed by atoms with E-state index in [1.165, 1.54) is 5.56 Å². The van der Waals surface area contributed by atoms with Crippen LogP contribution in [-0.2, 0) is 6.42 Å². The second-order valence-electron chi connectivity index (χ2n) is 4.11. The van der Waals surface area contributed by atoms with Crippen LogP contribution in [0.4, 0.5) is 0 Å². The van der Waals surface area contributed by atoms with Crippen LogP contribution in [-0.4, -0.2) is 40.3 Å². The summed E-state index contributed by atoms with van der Waals surface area (Å²) in [4.78, 5) is 4.12. The third-order valence-electron chi connectivity index (χ3n) is 2.79. The average molecular weight is 405 g/mol. The number of halogens is 1. The van der Waals surface area contributed by atoms with E-state index >= 15 is 0 Å². The van der Waals surface area contributed by atoms with Gasteiger partial charge in [-0.2, -0.15) is 0 Å². The number of hydrogen-bond acceptors (Lipinski definition) is 3. The van der Waals surface area contributed by atoms with Crippen LogP contribution in [0.5, 0.6) is 11.5 Å². The molecule has 1 aromatic carbocycles. The molecule has 0 saturated carbocycles. The summed E-state index contributed by atoms with van der Waals surface area (Å²) in [5, 5.41) is 6.36. The van der Waals surface area contributed by atoms with E-state index in [4.69, 9.17) is 9.47 Å². The number of methoxy groups -OCH3 is 2. The topological polar surface area (TPSA) is 54.9 Å². The molecule has 21 heavy (non-hydrogen) atoms. The Morgan fingerprint density at radius 1 is 1.24 bits per heavy atom. The first-order chi connectivity index (χ1) is 9.74. The Morgan fingerprint density at radius 2 is 1.95 bits per heavy atom. The van der Waals surface area contributed by atoms with Crippen LogP contribution in [0.25, 0.3) is 0 Å². The van der Waals surface area contributed by atoms with Gasteiger partial charge in [-0.25, -0.2) is 0 Å². The van der Waals surface area contributed by atoms with Gasteiger partial charge < -0.3 is 20.1 Å². The summed E-state index contributed by atoms with van der Waals surface area (Å²) in [5.41, 5.74) is 1.18. The summed E-state index contributed by atoms with van der Waals surface area (Å²) in [5.74, 6) is 2.26. The molecule has 0 bridgehead atoms. The SMILES string of the molecule is C=CCNC(=NC)NCCc1ccc(OC)c(OC)c1.I. The molecular formula is C15H24IN3O2. The van der Waals surface area contributed by atoms with Gasteiger partial charge in [-0.1, -0.05) is 12.1 Å². The summed E-state index contributed by atoms with van der Waals surface area (Å²) in [6.45, 7) is 5.13. The number of benzene rings is 1. The second kappa shape index (κ2) is 11.2. The molecular weight excluding hydrogens is 381 g/mol. The number of hydrogen-bond donors (Lipinski definition) is 2. The molecule has 0 atom stereocenters. The average Bonchev–Trinajstić information content (AvgIpc) is 2.50. The van der Waals surface area contributed by atoms with Gasteiger partial charge in [0.2, 0.25) is 0 Å². The summed E-state index contributed by atoms with van der Waals surface area (Å²) in [6, 6.07) is 5.93. The maximum atomic E-state index is 5.29. The van der Waals surface area contributed by atoms with Crippen molar-refractivity contribution >= 4 is 29.9 Å². The van der Waals surface area contributed by atoms with Crippen LogP contribution in [0.2, 0.25) is 0 Å². The van der Waals surface area contributed by atoms with Crippen molar-refractivity contribution in [2.75, 3.05) is 34.4 Å². The Bertz CT molecular complexity index is 464. The highest BCUT2D eigenvalue weighted by atomic mass is 127. The van der Waals surface area contributed by atoms with E-state index in [0.717, 1.165) is 30.4 Å². The van der Waals surface area contributed by atoms with Crippen molar-refractivity contribution < 1.29 is 9.47 Å². The zero-order valence-corrected chi connectivity index (χ0v) is 15.1. The standard InChI is InChI=1S/C15H23N3O2.HI/c1-5-9-17-15(16-2)18-10-8-12-6-7-13(19-3)14(11-12)20-4;/h5-7,11H,1,8-10H2,2-4H3,(H2,16,17,18);1H. The van der Waals surface area contributed by atoms with E-state index in [2.05, 4.69) is 22.2 Å². The Hall–Kier alpha value is -1.44. The summed E-state index contributed by atoms with van der Waals surface area (Å²) >= 11 is 0. The zero-order valence-electron chi connectivity index (χ0n) is 12.8. The Labute approximate surface area is 143 Å². The molecule has 1 rings (SSSR count). The third-order valence-corrected chi connectivity index (χ3v) is 2.79. The molecule has 0 spiro atoms. The number of rotatable bonds is 7. The molecule has 0 unspecified atom stereocenters. The van der Waals surface area contributed by atoms with Gasteiger partial charge >= 0.3 is 0 Å². The lowest BCUT2D eigenvalue weighted by Crippen LogP contribution is -2.38. The van der Waals surface area contributed by atoms with Crippen LogP contribution in [0.3, 0.4) is 0 Å². The maximum Gasteiger partial charge on any atom is 0.191 e. The van der Waals surface area contributed by atoms with Crippen molar-refractivity contribution in [1.82, 2.24) is 10.6 Å². The normalized spacial score (nSPS) is 10.3. The molecule has 0 heterocycles. The highest BCUT2D eigenvalue weighted by Crippen LogP contribution is 2.27. The first-order valence-electron chi connectivity index (χ1n) is 6.51. The molecule has 118 valence electrons. The van der Waals surface area contributed by atoms with Crippen molar-refractivity contribution in [2.24, 2.45) is 4.99 Å². The summed E-state index contributed by atoms with van der Waals surface area (Å²) < 4.78 is 10.5. The van der Waals surface area contributed by atoms with Gasteiger partial charge in [0, 0.05) is 20.1 Å². The largest absolute Gasteiger partial charge is 0.493 e. The Morgan fingerprint density at radius 3 is 2.52 bits per heavy atom. The van der Waals surface area contributed by atoms with E-state index in [1.54, 1.807) is 27.3 Å². The number of nitrogens with one attached hydrogen (secondary N) is 2. The summed E-state index contributed by atoms with van der Waals surface area (Å²) in [6.07, 6.45) is 2.66. The molecule has 0 aromatic heterocycles. The van der Waals surface area contributed by atoms with Crippen molar-refractivity contribution in [3.05, 3.63) is 36.4 Å². The number of ether oxygens (including phenoxy) is 2. The molecule has 2 N–H and O–H groups in total. The van der Waals surface area contributed by atoms with Crippen molar-refractivity contribution in [2.45, 2.75) is 6.42 Å². The van der Waals surface area contributed by atoms with E-state index in [1.807, 2.05) is 18.2 Å². The highest BCUT2D eigenvalue weighted by Gasteiger charge is 2.04. The minimum absolute atomic E-state index is 0. The maximum absolute atomic E-state index is 5.29. The fourth-order valence-corrected chi connectivity index (χ4v) is 1.75. The van der Waals surface area contributed by atoms with E-state index in [-0.39, 0.29) is 24.0 Å². The lowest BCUT2D eigenvalue weighted by molar-refractivity contribution is 0.354. The van der Waals surface area contributed by atoms with Gasteiger partial charge in [0.25, 0.3) is 0 Å². The van der Waals surface area contributed by atoms with Crippen LogP contribution >= 0.6 is 24.0 Å². The first kappa shape index (κ1) is 19.6. The van der Waals surface area contributed by atoms with Gasteiger partial charge in [-0.3, -0.25) is 4.99 Å². The molecule has 0 aliphatic rings. The van der Waals surface area contributed by atoms with Gasteiger partial charge in [0.1, 0.15) is 0 Å². The van der Waals surface area contributed by atoms with Crippen LogP contribution in [0, 0.1) is 0 Å². The van der Waals surface area contributed by atoms with Gasteiger partial charge in [0.15, 0.2) is 17.5 Å². The van der Waals surface area contributed by atoms with Crippen molar-refractivity contribution in [1.29, 1.82) is 0 Å². The monoisotopic (exact) mass is 405 g/mol. The Balaban J connectivity index is 0.00000400. The third kappa shape index (κ3) is 6.70. The van der Waals surface area contributed by atoms with Crippen molar-refractivity contribution in [3.63, 3.8) is 0 Å². The van der Waals surface area contributed by atoms with Gasteiger partial charge in [-0.15, -0.1) is 30.6 Å². The zero-order chi connectivity index (χ0) is 14.8. The van der Waals surface area contributed by atoms with Crippen molar-refractivity contribution in [3.8, 4) is 11.5 Å². The fourth-order valence-electron chi connectivity index (χ4n) is 1.75. The van der Waals surface area contributed by atoms with Crippen LogP contribution in [0.1, 0.15) is 5.56 Å².